The van der Waals surface area contributed by atoms with Crippen molar-refractivity contribution in [2.24, 2.45) is 16.8 Å². The van der Waals surface area contributed by atoms with Crippen molar-refractivity contribution in [3.05, 3.63) is 66.5 Å². The topological polar surface area (TPSA) is 65.9 Å². The summed E-state index contributed by atoms with van der Waals surface area (Å²) in [5, 5.41) is 2.30. The van der Waals surface area contributed by atoms with Crippen LogP contribution in [0.5, 0.6) is 0 Å². The molecule has 3 heterocycles. The zero-order valence-corrected chi connectivity index (χ0v) is 21.1. The van der Waals surface area contributed by atoms with Crippen molar-refractivity contribution in [3.8, 4) is 11.1 Å². The van der Waals surface area contributed by atoms with E-state index in [9.17, 15) is 9.59 Å². The number of aromatic nitrogens is 1. The van der Waals surface area contributed by atoms with E-state index in [1.165, 1.54) is 5.39 Å². The molecule has 2 aliphatic heterocycles. The van der Waals surface area contributed by atoms with E-state index in [2.05, 4.69) is 47.4 Å². The first kappa shape index (κ1) is 22.6. The Morgan fingerprint density at radius 2 is 1.68 bits per heavy atom. The lowest BCUT2D eigenvalue weighted by atomic mass is 9.97. The van der Waals surface area contributed by atoms with Crippen molar-refractivity contribution in [1.29, 1.82) is 0 Å². The molecule has 6 heteroatoms. The molecule has 188 valence electrons. The molecule has 1 spiro atoms. The zero-order chi connectivity index (χ0) is 25.0. The van der Waals surface area contributed by atoms with Gasteiger partial charge in [0.05, 0.1) is 0 Å². The van der Waals surface area contributed by atoms with Crippen LogP contribution in [0.15, 0.2) is 65.9 Å². The molecular weight excluding hydrogens is 460 g/mol. The number of fused-ring (bicyclic) bond motifs is 1. The highest BCUT2D eigenvalue weighted by Crippen LogP contribution is 2.41. The largest absolute Gasteiger partial charge is 0.342 e. The summed E-state index contributed by atoms with van der Waals surface area (Å²) in [4.78, 5) is 39.7. The predicted octanol–water partition coefficient (Wildman–Crippen LogP) is 5.06. The van der Waals surface area contributed by atoms with Gasteiger partial charge in [-0.25, -0.2) is 0 Å². The first-order chi connectivity index (χ1) is 18.1. The molecule has 0 unspecified atom stereocenters. The molecule has 7 rings (SSSR count). The van der Waals surface area contributed by atoms with Gasteiger partial charge in [0, 0.05) is 48.9 Å². The number of likely N-dealkylation sites (tertiary alicyclic amines) is 1. The van der Waals surface area contributed by atoms with Crippen LogP contribution in [-0.2, 0) is 9.59 Å². The number of hydrogen-bond acceptors (Lipinski definition) is 4. The number of amidine groups is 1. The molecule has 2 amide bonds. The molecule has 2 aromatic carbocycles. The van der Waals surface area contributed by atoms with E-state index < -0.39 is 5.54 Å². The van der Waals surface area contributed by atoms with Gasteiger partial charge in [-0.2, -0.15) is 0 Å². The van der Waals surface area contributed by atoms with Crippen LogP contribution in [0, 0.1) is 11.8 Å². The highest BCUT2D eigenvalue weighted by atomic mass is 16.2. The lowest BCUT2D eigenvalue weighted by Crippen LogP contribution is -2.44. The van der Waals surface area contributed by atoms with E-state index in [4.69, 9.17) is 4.99 Å². The Balaban J connectivity index is 1.15. The Bertz CT molecular complexity index is 1400. The highest BCUT2D eigenvalue weighted by Gasteiger charge is 2.50. The van der Waals surface area contributed by atoms with Gasteiger partial charge in [-0.1, -0.05) is 49.2 Å². The molecule has 3 aromatic rings. The van der Waals surface area contributed by atoms with E-state index in [0.29, 0.717) is 18.4 Å². The number of carbonyl (C=O) groups is 2. The summed E-state index contributed by atoms with van der Waals surface area (Å²) in [6.45, 7) is 2.22. The molecule has 4 aliphatic rings. The summed E-state index contributed by atoms with van der Waals surface area (Å²) >= 11 is 0. The first-order valence-electron chi connectivity index (χ1n) is 13.7. The van der Waals surface area contributed by atoms with Crippen molar-refractivity contribution in [1.82, 2.24) is 14.8 Å². The number of amides is 2. The SMILES string of the molecule is O=C(C1CC1)N1CC[C@@H](CN2C(=O)C3(CCCC3)N=C2c2ccc(-c3ccc4ccncc4c3)cc2)C1. The van der Waals surface area contributed by atoms with E-state index in [-0.39, 0.29) is 11.8 Å². The maximum Gasteiger partial charge on any atom is 0.256 e. The average Bonchev–Trinajstić information content (AvgIpc) is 3.39. The third-order valence-corrected chi connectivity index (χ3v) is 8.73. The van der Waals surface area contributed by atoms with Gasteiger partial charge in [0.15, 0.2) is 0 Å². The van der Waals surface area contributed by atoms with Crippen molar-refractivity contribution in [2.45, 2.75) is 50.5 Å². The van der Waals surface area contributed by atoms with Crippen LogP contribution in [0.2, 0.25) is 0 Å². The lowest BCUT2D eigenvalue weighted by molar-refractivity contribution is -0.131. The summed E-state index contributed by atoms with van der Waals surface area (Å²) in [6.07, 6.45) is 10.5. The van der Waals surface area contributed by atoms with Crippen molar-refractivity contribution in [3.63, 3.8) is 0 Å². The number of nitrogens with zero attached hydrogens (tertiary/aromatic N) is 4. The summed E-state index contributed by atoms with van der Waals surface area (Å²) in [5.41, 5.74) is 2.69. The van der Waals surface area contributed by atoms with E-state index in [1.807, 2.05) is 28.3 Å². The number of aliphatic imine (C=N–C) groups is 1. The van der Waals surface area contributed by atoms with Crippen molar-refractivity contribution >= 4 is 28.4 Å². The molecule has 0 N–H and O–H groups in total. The summed E-state index contributed by atoms with van der Waals surface area (Å²) < 4.78 is 0. The van der Waals surface area contributed by atoms with Crippen LogP contribution in [0.1, 0.15) is 50.5 Å². The summed E-state index contributed by atoms with van der Waals surface area (Å²) in [6, 6.07) is 16.9. The molecule has 1 saturated heterocycles. The van der Waals surface area contributed by atoms with Crippen LogP contribution in [0.3, 0.4) is 0 Å². The number of pyridine rings is 1. The Morgan fingerprint density at radius 3 is 2.46 bits per heavy atom. The standard InChI is InChI=1S/C31H32N4O2/c36-29(25-8-9-25)34-16-12-21(19-34)20-35-28(33-31(30(35)37)13-1-2-14-31)24-6-3-22(4-7-24)26-10-5-23-11-15-32-18-27(23)17-26/h3-7,10-11,15,17-18,21,25H,1-2,8-9,12-14,16,19-20H2/t21-/m1/s1. The third-order valence-electron chi connectivity index (χ3n) is 8.73. The molecule has 1 aromatic heterocycles. The molecule has 0 bridgehead atoms. The van der Waals surface area contributed by atoms with Crippen molar-refractivity contribution in [2.75, 3.05) is 19.6 Å². The average molecular weight is 493 g/mol. The summed E-state index contributed by atoms with van der Waals surface area (Å²) in [7, 11) is 0. The lowest BCUT2D eigenvalue weighted by Gasteiger charge is -2.25. The predicted molar refractivity (Wildman–Crippen MR) is 144 cm³/mol. The molecule has 1 atom stereocenters. The Morgan fingerprint density at radius 1 is 0.919 bits per heavy atom. The molecule has 2 aliphatic carbocycles. The van der Waals surface area contributed by atoms with E-state index in [0.717, 1.165) is 85.9 Å². The zero-order valence-electron chi connectivity index (χ0n) is 21.1. The van der Waals surface area contributed by atoms with Gasteiger partial charge in [-0.15, -0.1) is 0 Å². The minimum absolute atomic E-state index is 0.165. The van der Waals surface area contributed by atoms with E-state index in [1.54, 1.807) is 0 Å². The minimum Gasteiger partial charge on any atom is -0.342 e. The van der Waals surface area contributed by atoms with Crippen molar-refractivity contribution < 1.29 is 9.59 Å². The first-order valence-corrected chi connectivity index (χ1v) is 13.7. The maximum atomic E-state index is 13.8. The highest BCUT2D eigenvalue weighted by molar-refractivity contribution is 6.15. The van der Waals surface area contributed by atoms with Crippen LogP contribution < -0.4 is 0 Å². The van der Waals surface area contributed by atoms with Gasteiger partial charge in [0.2, 0.25) is 5.91 Å². The van der Waals surface area contributed by atoms with Crippen LogP contribution >= 0.6 is 0 Å². The van der Waals surface area contributed by atoms with Crippen LogP contribution in [0.4, 0.5) is 0 Å². The number of rotatable bonds is 5. The maximum absolute atomic E-state index is 13.8. The monoisotopic (exact) mass is 492 g/mol. The molecule has 2 saturated carbocycles. The summed E-state index contributed by atoms with van der Waals surface area (Å²) in [5.74, 6) is 1.85. The Kier molecular flexibility index (Phi) is 5.38. The quantitative estimate of drug-likeness (QED) is 0.500. The normalized spacial score (nSPS) is 22.9. The molecular formula is C31H32N4O2. The molecule has 0 radical (unpaired) electrons. The van der Waals surface area contributed by atoms with Gasteiger partial charge >= 0.3 is 0 Å². The second-order valence-corrected chi connectivity index (χ2v) is 11.3. The second kappa shape index (κ2) is 8.79. The second-order valence-electron chi connectivity index (χ2n) is 11.3. The molecule has 37 heavy (non-hydrogen) atoms. The Hall–Kier alpha value is -3.54. The third kappa shape index (κ3) is 4.03. The van der Waals surface area contributed by atoms with Gasteiger partial charge in [0.1, 0.15) is 11.4 Å². The fourth-order valence-electron chi connectivity index (χ4n) is 6.44. The number of benzene rings is 2. The minimum atomic E-state index is -0.582. The smallest absolute Gasteiger partial charge is 0.256 e. The van der Waals surface area contributed by atoms with Gasteiger partial charge in [-0.3, -0.25) is 24.5 Å². The Labute approximate surface area is 217 Å². The number of carbonyl (C=O) groups excluding carboxylic acids is 2. The van der Waals surface area contributed by atoms with E-state index >= 15 is 0 Å². The fraction of sp³-hybridized carbons (Fsp3) is 0.419. The van der Waals surface area contributed by atoms with Gasteiger partial charge < -0.3 is 4.90 Å². The van der Waals surface area contributed by atoms with Gasteiger partial charge in [0.25, 0.3) is 5.91 Å². The molecule has 6 nitrogen and oxygen atoms in total. The van der Waals surface area contributed by atoms with Crippen LogP contribution in [0.25, 0.3) is 21.9 Å². The molecule has 3 fully saturated rings. The number of hydrogen-bond donors (Lipinski definition) is 0. The van der Waals surface area contributed by atoms with Crippen LogP contribution in [-0.4, -0.2) is 57.6 Å². The van der Waals surface area contributed by atoms with Gasteiger partial charge in [-0.05, 0) is 66.7 Å². The fourth-order valence-corrected chi connectivity index (χ4v) is 6.44.